The number of aliphatic hydroxyl groups excluding tert-OH is 1. The van der Waals surface area contributed by atoms with Gasteiger partial charge in [-0.3, -0.25) is 4.79 Å². The summed E-state index contributed by atoms with van der Waals surface area (Å²) in [5.74, 6) is -0.860. The Hall–Kier alpha value is -0.920. The standard InChI is InChI=1S/C12H13ClF3NO2S/c13-9-3-1-2-4-10(9)20-7-11(19)17(5-6-18)8-12(14,15)16/h1-4,18H,5-8H2. The molecule has 1 N–H and O–H groups in total. The highest BCUT2D eigenvalue weighted by Crippen LogP contribution is 2.27. The maximum absolute atomic E-state index is 12.3. The SMILES string of the molecule is O=C(CSc1ccccc1Cl)N(CCO)CC(F)(F)F. The van der Waals surface area contributed by atoms with Crippen molar-refractivity contribution in [2.24, 2.45) is 0 Å². The van der Waals surface area contributed by atoms with Crippen LogP contribution in [0.2, 0.25) is 5.02 Å². The molecule has 1 rings (SSSR count). The third-order valence-corrected chi connectivity index (χ3v) is 3.78. The lowest BCUT2D eigenvalue weighted by Crippen LogP contribution is -2.41. The van der Waals surface area contributed by atoms with Crippen LogP contribution in [0.3, 0.4) is 0 Å². The molecule has 20 heavy (non-hydrogen) atoms. The van der Waals surface area contributed by atoms with Crippen molar-refractivity contribution in [1.82, 2.24) is 4.90 Å². The fraction of sp³-hybridized carbons (Fsp3) is 0.417. The minimum atomic E-state index is -4.49. The molecule has 0 unspecified atom stereocenters. The van der Waals surface area contributed by atoms with Gasteiger partial charge in [0.15, 0.2) is 0 Å². The molecule has 0 saturated heterocycles. The molecule has 1 aromatic rings. The number of thioether (sulfide) groups is 1. The van der Waals surface area contributed by atoms with Crippen LogP contribution >= 0.6 is 23.4 Å². The van der Waals surface area contributed by atoms with Gasteiger partial charge in [-0.1, -0.05) is 23.7 Å². The molecule has 0 bridgehead atoms. The molecule has 0 aliphatic heterocycles. The molecule has 0 atom stereocenters. The molecule has 0 saturated carbocycles. The summed E-state index contributed by atoms with van der Waals surface area (Å²) in [4.78, 5) is 13.0. The normalized spacial score (nSPS) is 11.4. The number of carbonyl (C=O) groups is 1. The Morgan fingerprint density at radius 1 is 1.35 bits per heavy atom. The highest BCUT2D eigenvalue weighted by atomic mass is 35.5. The lowest BCUT2D eigenvalue weighted by Gasteiger charge is -2.23. The molecule has 8 heteroatoms. The van der Waals surface area contributed by atoms with Crippen LogP contribution < -0.4 is 0 Å². The van der Waals surface area contributed by atoms with Crippen molar-refractivity contribution in [3.05, 3.63) is 29.3 Å². The molecule has 0 aliphatic rings. The van der Waals surface area contributed by atoms with Crippen LogP contribution in [0.4, 0.5) is 13.2 Å². The van der Waals surface area contributed by atoms with Gasteiger partial charge in [-0.2, -0.15) is 13.2 Å². The van der Waals surface area contributed by atoms with Gasteiger partial charge in [-0.05, 0) is 12.1 Å². The molecule has 0 aromatic heterocycles. The number of aliphatic hydroxyl groups is 1. The third kappa shape index (κ3) is 6.02. The van der Waals surface area contributed by atoms with Gasteiger partial charge in [-0.25, -0.2) is 0 Å². The van der Waals surface area contributed by atoms with Crippen molar-refractivity contribution in [3.8, 4) is 0 Å². The fourth-order valence-corrected chi connectivity index (χ4v) is 2.56. The molecule has 0 fully saturated rings. The van der Waals surface area contributed by atoms with Crippen LogP contribution in [0.1, 0.15) is 0 Å². The smallest absolute Gasteiger partial charge is 0.395 e. The van der Waals surface area contributed by atoms with Crippen molar-refractivity contribution < 1.29 is 23.1 Å². The average molecular weight is 328 g/mol. The first-order valence-electron chi connectivity index (χ1n) is 5.66. The van der Waals surface area contributed by atoms with Gasteiger partial charge >= 0.3 is 6.18 Å². The number of carbonyl (C=O) groups excluding carboxylic acids is 1. The summed E-state index contributed by atoms with van der Waals surface area (Å²) < 4.78 is 36.9. The van der Waals surface area contributed by atoms with Gasteiger partial charge in [0.1, 0.15) is 6.54 Å². The molecule has 1 amide bonds. The second-order valence-corrected chi connectivity index (χ2v) is 5.30. The van der Waals surface area contributed by atoms with E-state index in [4.69, 9.17) is 16.7 Å². The number of benzene rings is 1. The molecule has 1 aromatic carbocycles. The van der Waals surface area contributed by atoms with Crippen molar-refractivity contribution in [2.75, 3.05) is 25.4 Å². The molecule has 0 aliphatic carbocycles. The molecule has 3 nitrogen and oxygen atoms in total. The zero-order chi connectivity index (χ0) is 15.2. The van der Waals surface area contributed by atoms with E-state index >= 15 is 0 Å². The lowest BCUT2D eigenvalue weighted by molar-refractivity contribution is -0.160. The highest BCUT2D eigenvalue weighted by Gasteiger charge is 2.32. The van der Waals surface area contributed by atoms with Gasteiger partial charge in [-0.15, -0.1) is 11.8 Å². The van der Waals surface area contributed by atoms with Gasteiger partial charge in [0.2, 0.25) is 5.91 Å². The molecular formula is C12H13ClF3NO2S. The number of hydrogen-bond acceptors (Lipinski definition) is 3. The molecule has 112 valence electrons. The maximum atomic E-state index is 12.3. The first-order chi connectivity index (χ1) is 9.33. The highest BCUT2D eigenvalue weighted by molar-refractivity contribution is 8.00. The monoisotopic (exact) mass is 327 g/mol. The zero-order valence-electron chi connectivity index (χ0n) is 10.4. The second-order valence-electron chi connectivity index (χ2n) is 3.87. The van der Waals surface area contributed by atoms with Gasteiger partial charge in [0.25, 0.3) is 0 Å². The Labute approximate surface area is 123 Å². The lowest BCUT2D eigenvalue weighted by atomic mass is 10.4. The van der Waals surface area contributed by atoms with Crippen LogP contribution in [0.5, 0.6) is 0 Å². The van der Waals surface area contributed by atoms with Crippen molar-refractivity contribution in [1.29, 1.82) is 0 Å². The Kier molecular flexibility index (Phi) is 6.64. The van der Waals surface area contributed by atoms with Crippen LogP contribution in [0, 0.1) is 0 Å². The van der Waals surface area contributed by atoms with Gasteiger partial charge < -0.3 is 10.0 Å². The Bertz CT molecular complexity index is 457. The summed E-state index contributed by atoms with van der Waals surface area (Å²) in [6.07, 6.45) is -4.49. The zero-order valence-corrected chi connectivity index (χ0v) is 11.9. The Balaban J connectivity index is 2.60. The topological polar surface area (TPSA) is 40.5 Å². The second kappa shape index (κ2) is 7.75. The fourth-order valence-electron chi connectivity index (χ4n) is 1.42. The number of rotatable bonds is 6. The number of alkyl halides is 3. The predicted molar refractivity (Wildman–Crippen MR) is 71.9 cm³/mol. The maximum Gasteiger partial charge on any atom is 0.406 e. The summed E-state index contributed by atoms with van der Waals surface area (Å²) in [5.41, 5.74) is 0. The van der Waals surface area contributed by atoms with Crippen LogP contribution in [0.15, 0.2) is 29.2 Å². The van der Waals surface area contributed by atoms with Crippen molar-refractivity contribution >= 4 is 29.3 Å². The van der Waals surface area contributed by atoms with Crippen molar-refractivity contribution in [2.45, 2.75) is 11.1 Å². The largest absolute Gasteiger partial charge is 0.406 e. The number of halogens is 4. The minimum absolute atomic E-state index is 0.167. The summed E-state index contributed by atoms with van der Waals surface area (Å²) in [6, 6.07) is 6.76. The minimum Gasteiger partial charge on any atom is -0.395 e. The molecule has 0 heterocycles. The van der Waals surface area contributed by atoms with Crippen molar-refractivity contribution in [3.63, 3.8) is 0 Å². The van der Waals surface area contributed by atoms with E-state index in [9.17, 15) is 18.0 Å². The summed E-state index contributed by atoms with van der Waals surface area (Å²) in [5, 5.41) is 9.16. The van der Waals surface area contributed by atoms with Crippen LogP contribution in [-0.4, -0.2) is 47.5 Å². The summed E-state index contributed by atoms with van der Waals surface area (Å²) in [7, 11) is 0. The predicted octanol–water partition coefficient (Wildman–Crippen LogP) is 2.82. The average Bonchev–Trinajstić information content (AvgIpc) is 2.35. The van der Waals surface area contributed by atoms with E-state index in [0.717, 1.165) is 11.8 Å². The van der Waals surface area contributed by atoms with Gasteiger partial charge in [0, 0.05) is 11.4 Å². The van der Waals surface area contributed by atoms with Crippen LogP contribution in [-0.2, 0) is 4.79 Å². The van der Waals surface area contributed by atoms with E-state index in [1.54, 1.807) is 24.3 Å². The molecule has 0 spiro atoms. The number of amides is 1. The van der Waals surface area contributed by atoms with E-state index in [2.05, 4.69) is 0 Å². The summed E-state index contributed by atoms with van der Waals surface area (Å²) >= 11 is 6.95. The third-order valence-electron chi connectivity index (χ3n) is 2.28. The van der Waals surface area contributed by atoms with E-state index in [0.29, 0.717) is 14.8 Å². The first kappa shape index (κ1) is 17.1. The quantitative estimate of drug-likeness (QED) is 0.817. The molecule has 0 radical (unpaired) electrons. The van der Waals surface area contributed by atoms with E-state index in [1.165, 1.54) is 0 Å². The number of nitrogens with zero attached hydrogens (tertiary/aromatic N) is 1. The summed E-state index contributed by atoms with van der Waals surface area (Å²) in [6.45, 7) is -2.23. The Morgan fingerprint density at radius 2 is 2.00 bits per heavy atom. The Morgan fingerprint density at radius 3 is 2.55 bits per heavy atom. The molecular weight excluding hydrogens is 315 g/mol. The van der Waals surface area contributed by atoms with E-state index < -0.39 is 25.2 Å². The van der Waals surface area contributed by atoms with Crippen LogP contribution in [0.25, 0.3) is 0 Å². The first-order valence-corrected chi connectivity index (χ1v) is 7.02. The van der Waals surface area contributed by atoms with E-state index in [-0.39, 0.29) is 12.3 Å². The van der Waals surface area contributed by atoms with Gasteiger partial charge in [0.05, 0.1) is 17.4 Å². The van der Waals surface area contributed by atoms with E-state index in [1.807, 2.05) is 0 Å². The number of hydrogen-bond donors (Lipinski definition) is 1.